The summed E-state index contributed by atoms with van der Waals surface area (Å²) in [6, 6.07) is 24.2. The molecule has 36 heavy (non-hydrogen) atoms. The number of ether oxygens (including phenoxy) is 3. The van der Waals surface area contributed by atoms with Gasteiger partial charge in [0.2, 0.25) is 0 Å². The summed E-state index contributed by atoms with van der Waals surface area (Å²) < 4.78 is 17.2. The summed E-state index contributed by atoms with van der Waals surface area (Å²) in [4.78, 5) is 26.0. The average molecular weight is 481 g/mol. The molecule has 0 bridgehead atoms. The van der Waals surface area contributed by atoms with E-state index < -0.39 is 17.5 Å². The van der Waals surface area contributed by atoms with Gasteiger partial charge in [-0.1, -0.05) is 83.9 Å². The molecule has 182 valence electrons. The van der Waals surface area contributed by atoms with Gasteiger partial charge in [0.1, 0.15) is 5.75 Å². The van der Waals surface area contributed by atoms with Crippen LogP contribution in [-0.2, 0) is 21.5 Å². The van der Waals surface area contributed by atoms with E-state index in [2.05, 4.69) is 62.4 Å². The van der Waals surface area contributed by atoms with Crippen LogP contribution in [0.5, 0.6) is 5.75 Å². The average Bonchev–Trinajstić information content (AvgIpc) is 2.92. The van der Waals surface area contributed by atoms with Crippen molar-refractivity contribution in [3.8, 4) is 5.75 Å². The quantitative estimate of drug-likeness (QED) is 0.321. The normalized spacial score (nSPS) is 14.0. The number of carbonyl (C=O) groups is 2. The lowest BCUT2D eigenvalue weighted by Gasteiger charge is -2.41. The molecule has 0 amide bonds. The predicted octanol–water partition coefficient (Wildman–Crippen LogP) is 6.30. The Labute approximate surface area is 210 Å². The first-order chi connectivity index (χ1) is 17.4. The van der Waals surface area contributed by atoms with Gasteiger partial charge in [0.15, 0.2) is 5.60 Å². The maximum atomic E-state index is 13.1. The smallest absolute Gasteiger partial charge is 0.339 e. The summed E-state index contributed by atoms with van der Waals surface area (Å²) in [5, 5.41) is 1.34. The van der Waals surface area contributed by atoms with Gasteiger partial charge in [-0.15, -0.1) is 0 Å². The Kier molecular flexibility index (Phi) is 6.00. The van der Waals surface area contributed by atoms with E-state index in [-0.39, 0.29) is 11.1 Å². The summed E-state index contributed by atoms with van der Waals surface area (Å²) in [6.45, 7) is 4.12. The molecular weight excluding hydrogens is 452 g/mol. The van der Waals surface area contributed by atoms with Crippen LogP contribution in [0.15, 0.2) is 72.8 Å². The second-order valence-electron chi connectivity index (χ2n) is 9.25. The van der Waals surface area contributed by atoms with Crippen molar-refractivity contribution in [1.82, 2.24) is 0 Å². The van der Waals surface area contributed by atoms with Crippen molar-refractivity contribution in [3.05, 3.63) is 112 Å². The third-order valence-corrected chi connectivity index (χ3v) is 7.09. The Morgan fingerprint density at radius 2 is 1.22 bits per heavy atom. The second-order valence-corrected chi connectivity index (χ2v) is 9.25. The SMILES string of the molecule is COC(=O)c1c2c(c3ccccc3c1C(=O)OC)OC(c1ccc(C)cc1)(c1ccc(C)cc1)CC2. The molecule has 0 saturated carbocycles. The summed E-state index contributed by atoms with van der Waals surface area (Å²) in [7, 11) is 2.63. The zero-order chi connectivity index (χ0) is 25.4. The minimum absolute atomic E-state index is 0.208. The fraction of sp³-hybridized carbons (Fsp3) is 0.226. The van der Waals surface area contributed by atoms with Crippen molar-refractivity contribution in [1.29, 1.82) is 0 Å². The number of benzene rings is 4. The fourth-order valence-corrected chi connectivity index (χ4v) is 5.20. The molecular formula is C31H28O5. The first-order valence-electron chi connectivity index (χ1n) is 12.0. The van der Waals surface area contributed by atoms with Crippen LogP contribution in [0.3, 0.4) is 0 Å². The third kappa shape index (κ3) is 3.72. The largest absolute Gasteiger partial charge is 0.477 e. The molecule has 0 atom stereocenters. The van der Waals surface area contributed by atoms with Crippen LogP contribution in [0.1, 0.15) is 55.0 Å². The lowest BCUT2D eigenvalue weighted by Crippen LogP contribution is -2.39. The first-order valence-corrected chi connectivity index (χ1v) is 12.0. The number of fused-ring (bicyclic) bond motifs is 3. The van der Waals surface area contributed by atoms with Crippen molar-refractivity contribution in [3.63, 3.8) is 0 Å². The molecule has 0 unspecified atom stereocenters. The van der Waals surface area contributed by atoms with Crippen molar-refractivity contribution in [2.45, 2.75) is 32.3 Å². The Hall–Kier alpha value is -4.12. The van der Waals surface area contributed by atoms with Crippen LogP contribution in [0, 0.1) is 13.8 Å². The van der Waals surface area contributed by atoms with Crippen LogP contribution < -0.4 is 4.74 Å². The van der Waals surface area contributed by atoms with E-state index >= 15 is 0 Å². The van der Waals surface area contributed by atoms with Gasteiger partial charge in [-0.3, -0.25) is 0 Å². The standard InChI is InChI=1S/C31H28O5/c1-19-9-13-21(14-10-19)31(22-15-11-20(2)12-16-22)18-17-25-27(30(33)35-4)26(29(32)34-3)23-7-5-6-8-24(23)28(25)36-31/h5-16H,17-18H2,1-4H3. The second kappa shape index (κ2) is 9.15. The van der Waals surface area contributed by atoms with Gasteiger partial charge in [-0.25, -0.2) is 9.59 Å². The Balaban J connectivity index is 1.83. The third-order valence-electron chi connectivity index (χ3n) is 7.09. The highest BCUT2D eigenvalue weighted by atomic mass is 16.5. The lowest BCUT2D eigenvalue weighted by atomic mass is 9.77. The molecule has 1 heterocycles. The molecule has 5 rings (SSSR count). The van der Waals surface area contributed by atoms with E-state index in [9.17, 15) is 9.59 Å². The number of hydrogen-bond acceptors (Lipinski definition) is 5. The summed E-state index contributed by atoms with van der Waals surface area (Å²) in [6.07, 6.45) is 1.09. The van der Waals surface area contributed by atoms with Crippen LogP contribution in [0.2, 0.25) is 0 Å². The molecule has 4 aromatic rings. The van der Waals surface area contributed by atoms with Gasteiger partial charge in [-0.05, 0) is 37.8 Å². The van der Waals surface area contributed by atoms with Crippen LogP contribution in [0.4, 0.5) is 0 Å². The molecule has 0 N–H and O–H groups in total. The van der Waals surface area contributed by atoms with Crippen molar-refractivity contribution < 1.29 is 23.8 Å². The highest BCUT2D eigenvalue weighted by Crippen LogP contribution is 2.49. The van der Waals surface area contributed by atoms with Crippen LogP contribution in [-0.4, -0.2) is 26.2 Å². The Morgan fingerprint density at radius 3 is 1.75 bits per heavy atom. The maximum Gasteiger partial charge on any atom is 0.339 e. The number of methoxy groups -OCH3 is 2. The minimum atomic E-state index is -0.767. The molecule has 0 radical (unpaired) electrons. The molecule has 5 heteroatoms. The van der Waals surface area contributed by atoms with Gasteiger partial charge in [0.25, 0.3) is 0 Å². The molecule has 5 nitrogen and oxygen atoms in total. The zero-order valence-electron chi connectivity index (χ0n) is 20.9. The molecule has 1 aliphatic rings. The van der Waals surface area contributed by atoms with Gasteiger partial charge in [0.05, 0.1) is 25.3 Å². The van der Waals surface area contributed by atoms with E-state index in [1.165, 1.54) is 14.2 Å². The van der Waals surface area contributed by atoms with E-state index in [1.54, 1.807) is 0 Å². The number of carbonyl (C=O) groups excluding carboxylic acids is 2. The number of esters is 2. The number of rotatable bonds is 4. The van der Waals surface area contributed by atoms with Crippen molar-refractivity contribution >= 4 is 22.7 Å². The van der Waals surface area contributed by atoms with E-state index in [0.717, 1.165) is 27.6 Å². The molecule has 0 spiro atoms. The van der Waals surface area contributed by atoms with Gasteiger partial charge >= 0.3 is 11.9 Å². The summed E-state index contributed by atoms with van der Waals surface area (Å²) in [5.74, 6) is -0.575. The first kappa shape index (κ1) is 23.6. The molecule has 0 saturated heterocycles. The summed E-state index contributed by atoms with van der Waals surface area (Å²) in [5.41, 5.74) is 4.70. The predicted molar refractivity (Wildman–Crippen MR) is 139 cm³/mol. The van der Waals surface area contributed by atoms with Gasteiger partial charge in [0, 0.05) is 16.3 Å². The van der Waals surface area contributed by atoms with E-state index in [4.69, 9.17) is 14.2 Å². The number of hydrogen-bond donors (Lipinski definition) is 0. The summed E-state index contributed by atoms with van der Waals surface area (Å²) >= 11 is 0. The molecule has 4 aromatic carbocycles. The minimum Gasteiger partial charge on any atom is -0.477 e. The number of aryl methyl sites for hydroxylation is 2. The monoisotopic (exact) mass is 480 g/mol. The maximum absolute atomic E-state index is 13.1. The fourth-order valence-electron chi connectivity index (χ4n) is 5.20. The highest BCUT2D eigenvalue weighted by Gasteiger charge is 2.43. The Morgan fingerprint density at radius 1 is 0.722 bits per heavy atom. The molecule has 0 aromatic heterocycles. The zero-order valence-corrected chi connectivity index (χ0v) is 20.9. The lowest BCUT2D eigenvalue weighted by molar-refractivity contribution is 0.0547. The van der Waals surface area contributed by atoms with Crippen LogP contribution in [0.25, 0.3) is 10.8 Å². The topological polar surface area (TPSA) is 61.8 Å². The van der Waals surface area contributed by atoms with Crippen LogP contribution >= 0.6 is 0 Å². The van der Waals surface area contributed by atoms with Gasteiger partial charge in [-0.2, -0.15) is 0 Å². The van der Waals surface area contributed by atoms with E-state index in [0.29, 0.717) is 29.5 Å². The Bertz CT molecular complexity index is 1420. The molecule has 0 fully saturated rings. The van der Waals surface area contributed by atoms with Crippen molar-refractivity contribution in [2.24, 2.45) is 0 Å². The molecule has 1 aliphatic heterocycles. The molecule has 0 aliphatic carbocycles. The van der Waals surface area contributed by atoms with Gasteiger partial charge < -0.3 is 14.2 Å². The highest BCUT2D eigenvalue weighted by molar-refractivity contribution is 6.15. The van der Waals surface area contributed by atoms with Crippen molar-refractivity contribution in [2.75, 3.05) is 14.2 Å². The van der Waals surface area contributed by atoms with E-state index in [1.807, 2.05) is 24.3 Å².